The summed E-state index contributed by atoms with van der Waals surface area (Å²) in [5.41, 5.74) is -0.564. The highest BCUT2D eigenvalue weighted by molar-refractivity contribution is 7.54. The first kappa shape index (κ1) is 15.6. The van der Waals surface area contributed by atoms with Crippen LogP contribution in [0.3, 0.4) is 0 Å². The SMILES string of the molecule is CC(=NO)C(C)P(=O)(O)OCCCC(C)C. The largest absolute Gasteiger partial charge is 0.411 e. The van der Waals surface area contributed by atoms with Crippen LogP contribution < -0.4 is 0 Å². The van der Waals surface area contributed by atoms with Crippen molar-refractivity contribution in [3.8, 4) is 0 Å². The minimum Gasteiger partial charge on any atom is -0.411 e. The van der Waals surface area contributed by atoms with E-state index in [-0.39, 0.29) is 12.3 Å². The molecule has 0 fully saturated rings. The monoisotopic (exact) mass is 251 g/mol. The fraction of sp³-hybridized carbons (Fsp3) is 0.900. The minimum absolute atomic E-state index is 0.203. The summed E-state index contributed by atoms with van der Waals surface area (Å²) in [7, 11) is -3.71. The standard InChI is InChI=1S/C10H22NO4P/c1-8(2)6-5-7-15-16(13,14)10(4)9(3)11-12/h8,10,12H,5-7H2,1-4H3,(H,13,14). The van der Waals surface area contributed by atoms with Gasteiger partial charge in [-0.1, -0.05) is 19.0 Å². The third-order valence-electron chi connectivity index (χ3n) is 2.45. The first-order valence-corrected chi connectivity index (χ1v) is 7.11. The Kier molecular flexibility index (Phi) is 6.88. The van der Waals surface area contributed by atoms with Gasteiger partial charge in [-0.3, -0.25) is 4.57 Å². The molecule has 0 aliphatic rings. The van der Waals surface area contributed by atoms with Crippen LogP contribution >= 0.6 is 7.60 Å². The Morgan fingerprint density at radius 2 is 2.00 bits per heavy atom. The van der Waals surface area contributed by atoms with E-state index in [1.165, 1.54) is 13.8 Å². The molecule has 16 heavy (non-hydrogen) atoms. The van der Waals surface area contributed by atoms with E-state index in [1.807, 2.05) is 0 Å². The molecule has 2 unspecified atom stereocenters. The van der Waals surface area contributed by atoms with Gasteiger partial charge in [0.25, 0.3) is 0 Å². The smallest absolute Gasteiger partial charge is 0.336 e. The van der Waals surface area contributed by atoms with Gasteiger partial charge in [-0.05, 0) is 32.6 Å². The summed E-state index contributed by atoms with van der Waals surface area (Å²) < 4.78 is 16.7. The normalized spacial score (nSPS) is 18.5. The Bertz CT molecular complexity index is 278. The maximum absolute atomic E-state index is 11.7. The highest BCUT2D eigenvalue weighted by Gasteiger charge is 2.30. The molecule has 0 saturated heterocycles. The predicted octanol–water partition coefficient (Wildman–Crippen LogP) is 2.86. The van der Waals surface area contributed by atoms with Gasteiger partial charge in [-0.25, -0.2) is 0 Å². The Balaban J connectivity index is 4.10. The van der Waals surface area contributed by atoms with Gasteiger partial charge in [0.2, 0.25) is 0 Å². The Labute approximate surface area is 97.0 Å². The molecule has 0 aliphatic heterocycles. The van der Waals surface area contributed by atoms with Crippen molar-refractivity contribution in [3.63, 3.8) is 0 Å². The molecule has 0 spiro atoms. The zero-order valence-corrected chi connectivity index (χ0v) is 11.3. The van der Waals surface area contributed by atoms with Gasteiger partial charge in [0.05, 0.1) is 18.0 Å². The van der Waals surface area contributed by atoms with E-state index in [2.05, 4.69) is 19.0 Å². The molecule has 0 bridgehead atoms. The number of oxime groups is 1. The first-order chi connectivity index (χ1) is 7.31. The molecule has 0 rings (SSSR count). The molecule has 5 nitrogen and oxygen atoms in total. The average molecular weight is 251 g/mol. The van der Waals surface area contributed by atoms with Gasteiger partial charge in [-0.2, -0.15) is 0 Å². The number of hydrogen-bond acceptors (Lipinski definition) is 4. The van der Waals surface area contributed by atoms with Gasteiger partial charge in [0.1, 0.15) is 0 Å². The lowest BCUT2D eigenvalue weighted by atomic mass is 10.1. The van der Waals surface area contributed by atoms with Crippen molar-refractivity contribution in [3.05, 3.63) is 0 Å². The molecule has 0 radical (unpaired) electrons. The van der Waals surface area contributed by atoms with Gasteiger partial charge >= 0.3 is 7.60 Å². The summed E-state index contributed by atoms with van der Waals surface area (Å²) in [5.74, 6) is 0.555. The number of nitrogens with zero attached hydrogens (tertiary/aromatic N) is 1. The van der Waals surface area contributed by atoms with E-state index in [0.717, 1.165) is 12.8 Å². The van der Waals surface area contributed by atoms with Crippen LogP contribution in [0.2, 0.25) is 0 Å². The van der Waals surface area contributed by atoms with Crippen LogP contribution in [-0.2, 0) is 9.09 Å². The molecule has 0 aromatic heterocycles. The van der Waals surface area contributed by atoms with Crippen molar-refractivity contribution in [1.29, 1.82) is 0 Å². The van der Waals surface area contributed by atoms with Crippen LogP contribution in [0.25, 0.3) is 0 Å². The van der Waals surface area contributed by atoms with Crippen molar-refractivity contribution in [2.24, 2.45) is 11.1 Å². The molecule has 2 atom stereocenters. The second-order valence-electron chi connectivity index (χ2n) is 4.35. The van der Waals surface area contributed by atoms with Crippen molar-refractivity contribution < 1.29 is 19.2 Å². The fourth-order valence-corrected chi connectivity index (χ4v) is 2.26. The molecule has 0 amide bonds. The zero-order chi connectivity index (χ0) is 12.8. The van der Waals surface area contributed by atoms with Crippen LogP contribution in [0.4, 0.5) is 0 Å². The van der Waals surface area contributed by atoms with E-state index >= 15 is 0 Å². The second-order valence-corrected chi connectivity index (χ2v) is 6.51. The molecule has 0 saturated carbocycles. The number of hydrogen-bond donors (Lipinski definition) is 2. The summed E-state index contributed by atoms with van der Waals surface area (Å²) in [6, 6.07) is 0. The Morgan fingerprint density at radius 3 is 2.44 bits per heavy atom. The van der Waals surface area contributed by atoms with Crippen LogP contribution in [0.5, 0.6) is 0 Å². The van der Waals surface area contributed by atoms with Crippen LogP contribution in [0.15, 0.2) is 5.16 Å². The van der Waals surface area contributed by atoms with Crippen LogP contribution in [-0.4, -0.2) is 28.1 Å². The lowest BCUT2D eigenvalue weighted by molar-refractivity contribution is 0.246. The summed E-state index contributed by atoms with van der Waals surface area (Å²) in [6.07, 6.45) is 1.71. The van der Waals surface area contributed by atoms with Crippen molar-refractivity contribution in [2.75, 3.05) is 6.61 Å². The third kappa shape index (κ3) is 5.64. The minimum atomic E-state index is -3.71. The van der Waals surface area contributed by atoms with E-state index in [4.69, 9.17) is 9.73 Å². The zero-order valence-electron chi connectivity index (χ0n) is 10.4. The predicted molar refractivity (Wildman–Crippen MR) is 64.2 cm³/mol. The maximum atomic E-state index is 11.7. The summed E-state index contributed by atoms with van der Waals surface area (Å²) in [4.78, 5) is 9.59. The highest BCUT2D eigenvalue weighted by Crippen LogP contribution is 2.47. The van der Waals surface area contributed by atoms with Gasteiger partial charge in [0.15, 0.2) is 0 Å². The van der Waals surface area contributed by atoms with E-state index < -0.39 is 13.3 Å². The third-order valence-corrected chi connectivity index (χ3v) is 4.36. The van der Waals surface area contributed by atoms with Gasteiger partial charge in [0, 0.05) is 0 Å². The summed E-state index contributed by atoms with van der Waals surface area (Å²) >= 11 is 0. The topological polar surface area (TPSA) is 79.1 Å². The highest BCUT2D eigenvalue weighted by atomic mass is 31.2. The van der Waals surface area contributed by atoms with Gasteiger partial charge < -0.3 is 14.6 Å². The summed E-state index contributed by atoms with van der Waals surface area (Å²) in [6.45, 7) is 7.44. The molecular formula is C10H22NO4P. The fourth-order valence-electron chi connectivity index (χ4n) is 1.12. The van der Waals surface area contributed by atoms with Crippen molar-refractivity contribution in [2.45, 2.75) is 46.2 Å². The molecule has 96 valence electrons. The van der Waals surface area contributed by atoms with E-state index in [1.54, 1.807) is 0 Å². The molecule has 0 heterocycles. The molecular weight excluding hydrogens is 229 g/mol. The second kappa shape index (κ2) is 7.05. The molecule has 0 aromatic carbocycles. The lowest BCUT2D eigenvalue weighted by Gasteiger charge is -2.18. The average Bonchev–Trinajstić information content (AvgIpc) is 2.22. The first-order valence-electron chi connectivity index (χ1n) is 5.46. The van der Waals surface area contributed by atoms with Crippen LogP contribution in [0.1, 0.15) is 40.5 Å². The Morgan fingerprint density at radius 1 is 1.44 bits per heavy atom. The van der Waals surface area contributed by atoms with Crippen LogP contribution in [0, 0.1) is 5.92 Å². The van der Waals surface area contributed by atoms with Crippen molar-refractivity contribution in [1.82, 2.24) is 0 Å². The Hall–Kier alpha value is -0.380. The number of rotatable bonds is 7. The molecule has 2 N–H and O–H groups in total. The summed E-state index contributed by atoms with van der Waals surface area (Å²) in [5, 5.41) is 11.4. The van der Waals surface area contributed by atoms with Gasteiger partial charge in [-0.15, -0.1) is 0 Å². The molecule has 0 aliphatic carbocycles. The lowest BCUT2D eigenvalue weighted by Crippen LogP contribution is -2.16. The quantitative estimate of drug-likeness (QED) is 0.240. The molecule has 6 heteroatoms. The van der Waals surface area contributed by atoms with Crippen molar-refractivity contribution >= 4 is 13.3 Å². The maximum Gasteiger partial charge on any atom is 0.336 e. The van der Waals surface area contributed by atoms with E-state index in [9.17, 15) is 9.46 Å². The molecule has 0 aromatic rings. The van der Waals surface area contributed by atoms with E-state index in [0.29, 0.717) is 5.92 Å².